The predicted octanol–water partition coefficient (Wildman–Crippen LogP) is 2.64. The maximum absolute atomic E-state index is 10.5. The van der Waals surface area contributed by atoms with Gasteiger partial charge >= 0.3 is 5.00 Å². The van der Waals surface area contributed by atoms with Crippen LogP contribution in [-0.4, -0.2) is 22.5 Å². The van der Waals surface area contributed by atoms with Crippen molar-refractivity contribution in [2.45, 2.75) is 25.4 Å². The first-order chi connectivity index (χ1) is 7.75. The second-order valence-corrected chi connectivity index (χ2v) is 5.88. The molecule has 1 aliphatic heterocycles. The zero-order valence-corrected chi connectivity index (χ0v) is 10.5. The molecule has 1 unspecified atom stereocenters. The zero-order chi connectivity index (χ0) is 11.4. The molecule has 0 amide bonds. The van der Waals surface area contributed by atoms with Crippen molar-refractivity contribution in [2.75, 3.05) is 11.5 Å². The molecule has 1 aliphatic rings. The van der Waals surface area contributed by atoms with E-state index in [2.05, 4.69) is 5.32 Å². The fourth-order valence-electron chi connectivity index (χ4n) is 1.72. The van der Waals surface area contributed by atoms with E-state index in [1.165, 1.54) is 29.9 Å². The quantitative estimate of drug-likeness (QED) is 0.666. The minimum absolute atomic E-state index is 0.231. The van der Waals surface area contributed by atoms with E-state index in [1.54, 1.807) is 6.07 Å². The lowest BCUT2D eigenvalue weighted by atomic mass is 10.2. The summed E-state index contributed by atoms with van der Waals surface area (Å²) in [5.41, 5.74) is 1.02. The fourth-order valence-corrected chi connectivity index (χ4v) is 3.55. The number of rotatable bonds is 4. The Bertz CT molecular complexity index is 361. The van der Waals surface area contributed by atoms with Crippen molar-refractivity contribution in [3.05, 3.63) is 27.1 Å². The molecule has 0 aromatic carbocycles. The highest BCUT2D eigenvalue weighted by molar-refractivity contribution is 7.99. The topological polar surface area (TPSA) is 55.2 Å². The molecule has 1 fully saturated rings. The van der Waals surface area contributed by atoms with Crippen LogP contribution < -0.4 is 5.32 Å². The van der Waals surface area contributed by atoms with Crippen molar-refractivity contribution in [1.29, 1.82) is 0 Å². The largest absolute Gasteiger partial charge is 0.324 e. The molecule has 0 saturated carbocycles. The highest BCUT2D eigenvalue weighted by atomic mass is 32.2. The molecule has 1 aromatic heterocycles. The van der Waals surface area contributed by atoms with Crippen LogP contribution >= 0.6 is 23.1 Å². The Kier molecular flexibility index (Phi) is 4.20. The van der Waals surface area contributed by atoms with Gasteiger partial charge in [0.05, 0.1) is 4.92 Å². The number of thioether (sulfide) groups is 1. The Morgan fingerprint density at radius 2 is 2.50 bits per heavy atom. The summed E-state index contributed by atoms with van der Waals surface area (Å²) in [6, 6.07) is 2.23. The number of nitrogens with one attached hydrogen (secondary N) is 1. The normalized spacial score (nSPS) is 20.9. The van der Waals surface area contributed by atoms with E-state index in [0.29, 0.717) is 6.04 Å². The summed E-state index contributed by atoms with van der Waals surface area (Å²) in [6.07, 6.45) is 2.49. The monoisotopic (exact) mass is 258 g/mol. The molecule has 6 heteroatoms. The maximum atomic E-state index is 10.5. The van der Waals surface area contributed by atoms with Crippen molar-refractivity contribution in [3.63, 3.8) is 0 Å². The van der Waals surface area contributed by atoms with E-state index in [4.69, 9.17) is 0 Å². The molecule has 1 aromatic rings. The van der Waals surface area contributed by atoms with Gasteiger partial charge in [-0.25, -0.2) is 0 Å². The Hall–Kier alpha value is -0.590. The van der Waals surface area contributed by atoms with Gasteiger partial charge in [0.1, 0.15) is 0 Å². The number of thiophene rings is 1. The summed E-state index contributed by atoms with van der Waals surface area (Å²) in [5.74, 6) is 2.42. The molecule has 0 bridgehead atoms. The molecular formula is C10H14N2O2S2. The SMILES string of the molecule is O=[N+]([O-])c1cc(CNC2CCCSC2)cs1. The first-order valence-electron chi connectivity index (χ1n) is 5.28. The van der Waals surface area contributed by atoms with Crippen molar-refractivity contribution >= 4 is 28.1 Å². The van der Waals surface area contributed by atoms with Crippen LogP contribution in [0.4, 0.5) is 5.00 Å². The number of nitrogens with zero attached hydrogens (tertiary/aromatic N) is 1. The average Bonchev–Trinajstić information content (AvgIpc) is 2.76. The molecule has 88 valence electrons. The summed E-state index contributed by atoms with van der Waals surface area (Å²) >= 11 is 3.18. The van der Waals surface area contributed by atoms with Gasteiger partial charge < -0.3 is 5.32 Å². The second kappa shape index (κ2) is 5.65. The van der Waals surface area contributed by atoms with E-state index in [9.17, 15) is 10.1 Å². The van der Waals surface area contributed by atoms with Gasteiger partial charge in [0.2, 0.25) is 0 Å². The third-order valence-corrected chi connectivity index (χ3v) is 4.72. The smallest absolute Gasteiger partial charge is 0.309 e. The summed E-state index contributed by atoms with van der Waals surface area (Å²) in [5, 5.41) is 16.1. The first-order valence-corrected chi connectivity index (χ1v) is 7.32. The molecule has 1 N–H and O–H groups in total. The average molecular weight is 258 g/mol. The molecule has 1 saturated heterocycles. The van der Waals surface area contributed by atoms with Gasteiger partial charge in [-0.2, -0.15) is 11.8 Å². The van der Waals surface area contributed by atoms with Gasteiger partial charge in [0.15, 0.2) is 0 Å². The van der Waals surface area contributed by atoms with Crippen LogP contribution in [0.1, 0.15) is 18.4 Å². The van der Waals surface area contributed by atoms with Gasteiger partial charge in [0.25, 0.3) is 0 Å². The van der Waals surface area contributed by atoms with Crippen LogP contribution in [0.25, 0.3) is 0 Å². The van der Waals surface area contributed by atoms with E-state index in [1.807, 2.05) is 17.1 Å². The third kappa shape index (κ3) is 3.20. The molecule has 2 rings (SSSR count). The second-order valence-electron chi connectivity index (χ2n) is 3.85. The van der Waals surface area contributed by atoms with Crippen LogP contribution in [0, 0.1) is 10.1 Å². The standard InChI is InChI=1S/C10H14N2O2S2/c13-12(14)10-4-8(6-16-10)5-11-9-2-1-3-15-7-9/h4,6,9,11H,1-3,5,7H2. The maximum Gasteiger partial charge on any atom is 0.324 e. The van der Waals surface area contributed by atoms with Gasteiger partial charge in [-0.15, -0.1) is 0 Å². The molecule has 0 spiro atoms. The molecule has 0 aliphatic carbocycles. The summed E-state index contributed by atoms with van der Waals surface area (Å²) in [7, 11) is 0. The Morgan fingerprint density at radius 3 is 3.12 bits per heavy atom. The predicted molar refractivity (Wildman–Crippen MR) is 68.2 cm³/mol. The lowest BCUT2D eigenvalue weighted by molar-refractivity contribution is -0.380. The van der Waals surface area contributed by atoms with Crippen LogP contribution in [0.2, 0.25) is 0 Å². The van der Waals surface area contributed by atoms with Crippen molar-refractivity contribution in [1.82, 2.24) is 5.32 Å². The van der Waals surface area contributed by atoms with Crippen LogP contribution in [0.3, 0.4) is 0 Å². The first kappa shape index (κ1) is 11.9. The van der Waals surface area contributed by atoms with Crippen LogP contribution in [0.5, 0.6) is 0 Å². The van der Waals surface area contributed by atoms with Crippen molar-refractivity contribution in [2.24, 2.45) is 0 Å². The van der Waals surface area contributed by atoms with E-state index >= 15 is 0 Å². The number of hydrogen-bond donors (Lipinski definition) is 1. The van der Waals surface area contributed by atoms with E-state index < -0.39 is 0 Å². The summed E-state index contributed by atoms with van der Waals surface area (Å²) in [4.78, 5) is 10.2. The van der Waals surface area contributed by atoms with Gasteiger partial charge in [-0.05, 0) is 24.2 Å². The van der Waals surface area contributed by atoms with Crippen LogP contribution in [-0.2, 0) is 6.54 Å². The van der Waals surface area contributed by atoms with Crippen LogP contribution in [0.15, 0.2) is 11.4 Å². The van der Waals surface area contributed by atoms with E-state index in [-0.39, 0.29) is 9.92 Å². The lowest BCUT2D eigenvalue weighted by Gasteiger charge is -2.22. The van der Waals surface area contributed by atoms with Crippen molar-refractivity contribution < 1.29 is 4.92 Å². The van der Waals surface area contributed by atoms with E-state index in [0.717, 1.165) is 17.9 Å². The van der Waals surface area contributed by atoms with Gasteiger partial charge in [-0.3, -0.25) is 10.1 Å². The molecule has 1 atom stereocenters. The van der Waals surface area contributed by atoms with Gasteiger partial charge in [-0.1, -0.05) is 11.3 Å². The molecular weight excluding hydrogens is 244 g/mol. The Morgan fingerprint density at radius 1 is 1.62 bits per heavy atom. The highest BCUT2D eigenvalue weighted by Crippen LogP contribution is 2.23. The Labute approximate surface area is 103 Å². The molecule has 0 radical (unpaired) electrons. The highest BCUT2D eigenvalue weighted by Gasteiger charge is 2.14. The number of hydrogen-bond acceptors (Lipinski definition) is 5. The third-order valence-electron chi connectivity index (χ3n) is 2.58. The molecule has 4 nitrogen and oxygen atoms in total. The minimum atomic E-state index is -0.329. The van der Waals surface area contributed by atoms with Gasteiger partial charge in [0, 0.05) is 29.8 Å². The number of nitro groups is 1. The fraction of sp³-hybridized carbons (Fsp3) is 0.600. The lowest BCUT2D eigenvalue weighted by Crippen LogP contribution is -2.33. The minimum Gasteiger partial charge on any atom is -0.309 e. The molecule has 16 heavy (non-hydrogen) atoms. The molecule has 2 heterocycles. The Balaban J connectivity index is 1.81. The zero-order valence-electron chi connectivity index (χ0n) is 8.85. The summed E-state index contributed by atoms with van der Waals surface area (Å²) < 4.78 is 0. The van der Waals surface area contributed by atoms with Crippen molar-refractivity contribution in [3.8, 4) is 0 Å². The summed E-state index contributed by atoms with van der Waals surface area (Å²) in [6.45, 7) is 0.746.